The van der Waals surface area contributed by atoms with Gasteiger partial charge in [-0.05, 0) is 12.7 Å². The summed E-state index contributed by atoms with van der Waals surface area (Å²) in [7, 11) is 0. The number of aldehydes is 1. The van der Waals surface area contributed by atoms with Crippen molar-refractivity contribution in [1.82, 2.24) is 0 Å². The monoisotopic (exact) mass is 217 g/mol. The van der Waals surface area contributed by atoms with Crippen molar-refractivity contribution in [2.24, 2.45) is 0 Å². The summed E-state index contributed by atoms with van der Waals surface area (Å²) in [6, 6.07) is 0. The molecule has 0 bridgehead atoms. The van der Waals surface area contributed by atoms with E-state index in [0.29, 0.717) is 12.9 Å². The summed E-state index contributed by atoms with van der Waals surface area (Å²) in [5.74, 6) is 0. The van der Waals surface area contributed by atoms with Gasteiger partial charge in [-0.15, -0.1) is 12.4 Å². The molecule has 0 amide bonds. The van der Waals surface area contributed by atoms with Gasteiger partial charge in [0, 0.05) is 26.1 Å². The molecule has 0 aliphatic rings. The average molecular weight is 219 g/mol. The van der Waals surface area contributed by atoms with E-state index in [-0.39, 0.29) is 31.9 Å². The number of halogens is 1. The summed E-state index contributed by atoms with van der Waals surface area (Å²) in [5, 5.41) is 8.07. The van der Waals surface area contributed by atoms with Crippen molar-refractivity contribution in [2.75, 3.05) is 6.61 Å². The van der Waals surface area contributed by atoms with Gasteiger partial charge in [0.15, 0.2) is 0 Å². The molecule has 0 aromatic heterocycles. The van der Waals surface area contributed by atoms with Crippen molar-refractivity contribution in [3.63, 3.8) is 0 Å². The van der Waals surface area contributed by atoms with Gasteiger partial charge in [0.1, 0.15) is 0 Å². The van der Waals surface area contributed by atoms with Crippen molar-refractivity contribution in [1.29, 1.82) is 0 Å². The maximum absolute atomic E-state index is 8.69. The van der Waals surface area contributed by atoms with Crippen LogP contribution in [0.1, 0.15) is 19.8 Å². The molecular weight excluding hydrogens is 205 g/mol. The van der Waals surface area contributed by atoms with Gasteiger partial charge in [-0.3, -0.25) is 0 Å². The van der Waals surface area contributed by atoms with Crippen LogP contribution in [0, 0.1) is 6.92 Å². The Morgan fingerprint density at radius 1 is 1.60 bits per heavy atom. The molecule has 1 N–H and O–H groups in total. The van der Waals surface area contributed by atoms with Crippen molar-refractivity contribution in [3.8, 4) is 0 Å². The molecule has 0 heterocycles. The normalized spacial score (nSPS) is 5.40. The minimum atomic E-state index is 0. The molecule has 0 aliphatic heterocycles. The zero-order valence-electron chi connectivity index (χ0n) is 6.38. The van der Waals surface area contributed by atoms with Gasteiger partial charge in [0.05, 0.1) is 0 Å². The van der Waals surface area contributed by atoms with Crippen LogP contribution in [0.3, 0.4) is 0 Å². The number of aliphatic hydroxyl groups is 1. The first-order valence-electron chi connectivity index (χ1n) is 2.67. The third kappa shape index (κ3) is 79.4. The van der Waals surface area contributed by atoms with E-state index in [9.17, 15) is 0 Å². The summed E-state index contributed by atoms with van der Waals surface area (Å²) >= 11 is 0. The minimum Gasteiger partial charge on any atom is -0.396 e. The Balaban J connectivity index is -0.0000000326. The summed E-state index contributed by atoms with van der Waals surface area (Å²) in [6.45, 7) is 5.20. The Hall–Kier alpha value is 0.413. The van der Waals surface area contributed by atoms with Crippen LogP contribution in [0.5, 0.6) is 0 Å². The molecular formula is C6H14ClO2Zn-. The van der Waals surface area contributed by atoms with Gasteiger partial charge in [-0.1, -0.05) is 13.3 Å². The zero-order chi connectivity index (χ0) is 6.83. The molecule has 4 heteroatoms. The molecule has 0 aliphatic carbocycles. The molecule has 0 aromatic carbocycles. The van der Waals surface area contributed by atoms with Gasteiger partial charge < -0.3 is 16.8 Å². The van der Waals surface area contributed by atoms with E-state index in [4.69, 9.17) is 9.90 Å². The van der Waals surface area contributed by atoms with E-state index >= 15 is 0 Å². The van der Waals surface area contributed by atoms with E-state index < -0.39 is 0 Å². The minimum absolute atomic E-state index is 0. The van der Waals surface area contributed by atoms with E-state index in [2.05, 4.69) is 13.8 Å². The van der Waals surface area contributed by atoms with Gasteiger partial charge >= 0.3 is 0 Å². The first kappa shape index (κ1) is 22.4. The van der Waals surface area contributed by atoms with Crippen LogP contribution in [-0.2, 0) is 24.3 Å². The number of unbranched alkanes of at least 4 members (excludes halogenated alkanes) is 1. The molecule has 0 saturated heterocycles. The third-order valence-corrected chi connectivity index (χ3v) is 0.512. The van der Waals surface area contributed by atoms with Crippen LogP contribution in [0.2, 0.25) is 0 Å². The van der Waals surface area contributed by atoms with Crippen LogP contribution in [0.25, 0.3) is 0 Å². The van der Waals surface area contributed by atoms with E-state index in [0.717, 1.165) is 12.8 Å². The van der Waals surface area contributed by atoms with Gasteiger partial charge in [-0.2, -0.15) is 0 Å². The second-order valence-corrected chi connectivity index (χ2v) is 1.24. The number of hydrogen-bond donors (Lipinski definition) is 1. The number of carbonyl (C=O) groups is 1. The maximum atomic E-state index is 8.69. The van der Waals surface area contributed by atoms with E-state index in [1.54, 1.807) is 0 Å². The predicted molar refractivity (Wildman–Crippen MR) is 40.7 cm³/mol. The zero-order valence-corrected chi connectivity index (χ0v) is 10.2. The first-order valence-corrected chi connectivity index (χ1v) is 2.67. The number of rotatable bonds is 2. The number of hydrogen-bond acceptors (Lipinski definition) is 2. The maximum Gasteiger partial charge on any atom is 0.0430 e. The summed E-state index contributed by atoms with van der Waals surface area (Å²) in [4.78, 5) is 8.69. The predicted octanol–water partition coefficient (Wildman–Crippen LogP) is 1.22. The molecule has 0 aromatic rings. The fourth-order valence-corrected chi connectivity index (χ4v) is 0.158. The Labute approximate surface area is 81.6 Å². The number of aliphatic hydroxyl groups excluding tert-OH is 1. The summed E-state index contributed by atoms with van der Waals surface area (Å²) in [6.07, 6.45) is 2.54. The van der Waals surface area contributed by atoms with E-state index in [1.165, 1.54) is 0 Å². The molecule has 2 nitrogen and oxygen atoms in total. The molecule has 0 unspecified atom stereocenters. The average Bonchev–Trinajstić information content (AvgIpc) is 1.71. The third-order valence-electron chi connectivity index (χ3n) is 0.512. The van der Waals surface area contributed by atoms with Crippen LogP contribution in [0.4, 0.5) is 0 Å². The van der Waals surface area contributed by atoms with Crippen molar-refractivity contribution >= 4 is 18.7 Å². The van der Waals surface area contributed by atoms with Crippen molar-refractivity contribution in [2.45, 2.75) is 19.8 Å². The second-order valence-electron chi connectivity index (χ2n) is 1.24. The Bertz CT molecular complexity index is 42.7. The second kappa shape index (κ2) is 34.2. The van der Waals surface area contributed by atoms with Crippen molar-refractivity contribution < 1.29 is 29.4 Å². The summed E-state index contributed by atoms with van der Waals surface area (Å²) in [5.41, 5.74) is 0. The first-order chi connectivity index (χ1) is 3.83. The Morgan fingerprint density at radius 2 is 1.90 bits per heavy atom. The molecule has 0 radical (unpaired) electrons. The topological polar surface area (TPSA) is 37.3 Å². The number of carbonyl (C=O) groups excluding carboxylic acids is 1. The van der Waals surface area contributed by atoms with Crippen LogP contribution >= 0.6 is 12.4 Å². The molecule has 0 rings (SSSR count). The molecule has 0 spiro atoms. The molecule has 10 heavy (non-hydrogen) atoms. The van der Waals surface area contributed by atoms with Gasteiger partial charge in [0.2, 0.25) is 0 Å². The van der Waals surface area contributed by atoms with Gasteiger partial charge in [-0.25, -0.2) is 0 Å². The SMILES string of the molecule is CCCCO.Cl.[CH2-]C=O.[Zn]. The standard InChI is InChI=1S/C4H10O.C2H3O.ClH.Zn/c1-2-3-4-5;1-2-3;;/h5H,2-4H2,1H3;2H,1H2;1H;/q;-1;;. The fraction of sp³-hybridized carbons (Fsp3) is 0.667. The Kier molecular flexibility index (Phi) is 76.7. The molecule has 0 atom stereocenters. The van der Waals surface area contributed by atoms with Crippen LogP contribution in [0.15, 0.2) is 0 Å². The fourth-order valence-electron chi connectivity index (χ4n) is 0.158. The summed E-state index contributed by atoms with van der Waals surface area (Å²) < 4.78 is 0. The van der Waals surface area contributed by atoms with E-state index in [1.807, 2.05) is 0 Å². The smallest absolute Gasteiger partial charge is 0.0430 e. The molecule has 0 fully saturated rings. The van der Waals surface area contributed by atoms with Crippen molar-refractivity contribution in [3.05, 3.63) is 6.92 Å². The molecule has 0 saturated carbocycles. The van der Waals surface area contributed by atoms with Gasteiger partial charge in [0.25, 0.3) is 0 Å². The quantitative estimate of drug-likeness (QED) is 0.430. The van der Waals surface area contributed by atoms with Crippen LogP contribution in [-0.4, -0.2) is 18.0 Å². The Morgan fingerprint density at radius 3 is 1.90 bits per heavy atom. The largest absolute Gasteiger partial charge is 0.396 e. The molecule has 60 valence electrons. The van der Waals surface area contributed by atoms with Crippen LogP contribution < -0.4 is 0 Å².